The first-order valence-electron chi connectivity index (χ1n) is 4.90. The van der Waals surface area contributed by atoms with Crippen LogP contribution in [0.2, 0.25) is 0 Å². The van der Waals surface area contributed by atoms with E-state index < -0.39 is 0 Å². The first-order valence-corrected chi connectivity index (χ1v) is 5.72. The van der Waals surface area contributed by atoms with Gasteiger partial charge in [-0.2, -0.15) is 4.98 Å². The first kappa shape index (κ1) is 10.0. The van der Waals surface area contributed by atoms with E-state index in [2.05, 4.69) is 15.1 Å². The Labute approximate surface area is 101 Å². The summed E-state index contributed by atoms with van der Waals surface area (Å²) in [5.41, 5.74) is 7.27. The SMILES string of the molecule is Cn1cnc(Oc2nc3ccc(N)cc3s2)n1. The monoisotopic (exact) mass is 247 g/mol. The van der Waals surface area contributed by atoms with E-state index in [1.165, 1.54) is 11.3 Å². The molecule has 0 radical (unpaired) electrons. The number of nitrogen functional groups attached to an aromatic ring is 1. The lowest BCUT2D eigenvalue weighted by atomic mass is 10.3. The molecule has 2 aromatic heterocycles. The van der Waals surface area contributed by atoms with E-state index in [1.54, 1.807) is 18.1 Å². The Bertz CT molecular complexity index is 674. The van der Waals surface area contributed by atoms with Crippen molar-refractivity contribution in [2.45, 2.75) is 0 Å². The summed E-state index contributed by atoms with van der Waals surface area (Å²) in [5, 5.41) is 4.53. The van der Waals surface area contributed by atoms with Crippen LogP contribution in [0, 0.1) is 0 Å². The van der Waals surface area contributed by atoms with Gasteiger partial charge in [-0.1, -0.05) is 11.3 Å². The van der Waals surface area contributed by atoms with E-state index in [1.807, 2.05) is 18.2 Å². The fraction of sp³-hybridized carbons (Fsp3) is 0.100. The molecule has 0 unspecified atom stereocenters. The standard InChI is InChI=1S/C10H9N5OS/c1-15-5-12-9(14-15)16-10-13-7-3-2-6(11)4-8(7)17-10/h2-5H,11H2,1H3. The minimum atomic E-state index is 0.291. The highest BCUT2D eigenvalue weighted by Crippen LogP contribution is 2.30. The fourth-order valence-corrected chi connectivity index (χ4v) is 2.27. The molecule has 3 rings (SSSR count). The second-order valence-corrected chi connectivity index (χ2v) is 4.50. The highest BCUT2D eigenvalue weighted by atomic mass is 32.1. The lowest BCUT2D eigenvalue weighted by molar-refractivity contribution is 0.437. The zero-order valence-electron chi connectivity index (χ0n) is 8.99. The molecule has 0 bridgehead atoms. The Balaban J connectivity index is 1.95. The van der Waals surface area contributed by atoms with Crippen LogP contribution in [0.15, 0.2) is 24.5 Å². The molecule has 0 aliphatic carbocycles. The number of hydrogen-bond donors (Lipinski definition) is 1. The number of aromatic nitrogens is 4. The molecule has 1 aromatic carbocycles. The number of nitrogens with zero attached hydrogens (tertiary/aromatic N) is 4. The second-order valence-electron chi connectivity index (χ2n) is 3.51. The molecule has 0 amide bonds. The summed E-state index contributed by atoms with van der Waals surface area (Å²) in [7, 11) is 1.78. The molecule has 0 aliphatic rings. The van der Waals surface area contributed by atoms with Crippen LogP contribution < -0.4 is 10.5 Å². The number of nitrogens with two attached hydrogens (primary N) is 1. The van der Waals surface area contributed by atoms with Crippen LogP contribution in [0.25, 0.3) is 10.2 Å². The number of benzene rings is 1. The number of hydrogen-bond acceptors (Lipinski definition) is 6. The van der Waals surface area contributed by atoms with Crippen molar-refractivity contribution >= 4 is 27.2 Å². The van der Waals surface area contributed by atoms with Gasteiger partial charge in [0.05, 0.1) is 10.2 Å². The van der Waals surface area contributed by atoms with Gasteiger partial charge in [0.1, 0.15) is 6.33 Å². The van der Waals surface area contributed by atoms with Crippen molar-refractivity contribution in [1.82, 2.24) is 19.7 Å². The summed E-state index contributed by atoms with van der Waals surface area (Å²) in [4.78, 5) is 8.28. The zero-order valence-corrected chi connectivity index (χ0v) is 9.81. The minimum absolute atomic E-state index is 0.291. The number of fused-ring (bicyclic) bond motifs is 1. The first-order chi connectivity index (χ1) is 8.20. The predicted molar refractivity (Wildman–Crippen MR) is 65.1 cm³/mol. The van der Waals surface area contributed by atoms with E-state index in [0.29, 0.717) is 16.9 Å². The third kappa shape index (κ3) is 1.92. The maximum atomic E-state index is 5.70. The van der Waals surface area contributed by atoms with Crippen molar-refractivity contribution < 1.29 is 4.74 Å². The van der Waals surface area contributed by atoms with Crippen LogP contribution in [-0.2, 0) is 7.05 Å². The predicted octanol–water partition coefficient (Wildman–Crippen LogP) is 1.80. The Morgan fingerprint density at radius 3 is 3.06 bits per heavy atom. The van der Waals surface area contributed by atoms with Gasteiger partial charge < -0.3 is 10.5 Å². The van der Waals surface area contributed by atoms with E-state index in [-0.39, 0.29) is 0 Å². The fourth-order valence-electron chi connectivity index (χ4n) is 1.41. The van der Waals surface area contributed by atoms with E-state index in [9.17, 15) is 0 Å². The summed E-state index contributed by atoms with van der Waals surface area (Å²) in [6, 6.07) is 5.83. The smallest absolute Gasteiger partial charge is 0.342 e. The third-order valence-corrected chi connectivity index (χ3v) is 3.05. The van der Waals surface area contributed by atoms with Crippen molar-refractivity contribution in [3.63, 3.8) is 0 Å². The lowest BCUT2D eigenvalue weighted by Gasteiger charge is -1.91. The van der Waals surface area contributed by atoms with Crippen LogP contribution in [0.3, 0.4) is 0 Å². The molecule has 2 heterocycles. The van der Waals surface area contributed by atoms with Crippen LogP contribution in [0.5, 0.6) is 11.2 Å². The highest BCUT2D eigenvalue weighted by Gasteiger charge is 2.08. The van der Waals surface area contributed by atoms with Crippen LogP contribution in [0.1, 0.15) is 0 Å². The molecule has 6 nitrogen and oxygen atoms in total. The van der Waals surface area contributed by atoms with Crippen molar-refractivity contribution in [3.8, 4) is 11.2 Å². The van der Waals surface area contributed by atoms with E-state index in [4.69, 9.17) is 10.5 Å². The molecular weight excluding hydrogens is 238 g/mol. The molecular formula is C10H9N5OS. The van der Waals surface area contributed by atoms with Gasteiger partial charge in [0.2, 0.25) is 0 Å². The second kappa shape index (κ2) is 3.70. The van der Waals surface area contributed by atoms with Crippen LogP contribution in [-0.4, -0.2) is 19.7 Å². The molecule has 0 spiro atoms. The maximum Gasteiger partial charge on any atom is 0.342 e. The van der Waals surface area contributed by atoms with E-state index >= 15 is 0 Å². The van der Waals surface area contributed by atoms with Crippen molar-refractivity contribution in [1.29, 1.82) is 0 Å². The largest absolute Gasteiger partial charge is 0.399 e. The van der Waals surface area contributed by atoms with Gasteiger partial charge in [0.15, 0.2) is 0 Å². The number of anilines is 1. The van der Waals surface area contributed by atoms with Crippen LogP contribution in [0.4, 0.5) is 5.69 Å². The molecule has 3 aromatic rings. The summed E-state index contributed by atoms with van der Waals surface area (Å²) in [5.74, 6) is 0. The molecule has 0 aliphatic heterocycles. The van der Waals surface area contributed by atoms with Gasteiger partial charge in [-0.3, -0.25) is 4.68 Å². The van der Waals surface area contributed by atoms with Gasteiger partial charge in [0, 0.05) is 12.7 Å². The van der Waals surface area contributed by atoms with E-state index in [0.717, 1.165) is 10.2 Å². The average molecular weight is 247 g/mol. The average Bonchev–Trinajstić information content (AvgIpc) is 2.84. The zero-order chi connectivity index (χ0) is 11.8. The summed E-state index contributed by atoms with van der Waals surface area (Å²) >= 11 is 1.41. The Morgan fingerprint density at radius 2 is 2.29 bits per heavy atom. The molecule has 0 atom stereocenters. The van der Waals surface area contributed by atoms with Crippen molar-refractivity contribution in [2.24, 2.45) is 7.05 Å². The molecule has 86 valence electrons. The third-order valence-electron chi connectivity index (χ3n) is 2.15. The quantitative estimate of drug-likeness (QED) is 0.698. The van der Waals surface area contributed by atoms with Crippen molar-refractivity contribution in [2.75, 3.05) is 5.73 Å². The van der Waals surface area contributed by atoms with Crippen molar-refractivity contribution in [3.05, 3.63) is 24.5 Å². The summed E-state index contributed by atoms with van der Waals surface area (Å²) < 4.78 is 8.00. The van der Waals surface area contributed by atoms with Gasteiger partial charge in [-0.15, -0.1) is 5.10 Å². The number of rotatable bonds is 2. The minimum Gasteiger partial charge on any atom is -0.399 e. The van der Waals surface area contributed by atoms with Gasteiger partial charge in [0.25, 0.3) is 5.19 Å². The lowest BCUT2D eigenvalue weighted by Crippen LogP contribution is -1.89. The van der Waals surface area contributed by atoms with Gasteiger partial charge in [-0.05, 0) is 18.2 Å². The molecule has 0 saturated heterocycles. The number of aryl methyl sites for hydroxylation is 1. The maximum absolute atomic E-state index is 5.70. The number of ether oxygens (including phenoxy) is 1. The normalized spacial score (nSPS) is 10.9. The summed E-state index contributed by atoms with van der Waals surface area (Å²) in [6.07, 6.45) is 1.57. The Morgan fingerprint density at radius 1 is 1.41 bits per heavy atom. The molecule has 17 heavy (non-hydrogen) atoms. The Kier molecular flexibility index (Phi) is 2.19. The Hall–Kier alpha value is -2.15. The topological polar surface area (TPSA) is 78.8 Å². The number of thiazole rings is 1. The molecule has 0 fully saturated rings. The molecule has 7 heteroatoms. The molecule has 2 N–H and O–H groups in total. The molecule has 0 saturated carbocycles. The van der Waals surface area contributed by atoms with Gasteiger partial charge in [-0.25, -0.2) is 4.98 Å². The summed E-state index contributed by atoms with van der Waals surface area (Å²) in [6.45, 7) is 0. The highest BCUT2D eigenvalue weighted by molar-refractivity contribution is 7.20. The van der Waals surface area contributed by atoms with Gasteiger partial charge >= 0.3 is 6.01 Å². The van der Waals surface area contributed by atoms with Crippen LogP contribution >= 0.6 is 11.3 Å².